The number of ketones is 1. The van der Waals surface area contributed by atoms with E-state index in [-0.39, 0.29) is 11.3 Å². The highest BCUT2D eigenvalue weighted by atomic mass is 35.5. The Morgan fingerprint density at radius 3 is 2.24 bits per heavy atom. The number of aliphatic hydroxyl groups is 1. The molecule has 0 spiro atoms. The molecule has 152 valence electrons. The van der Waals surface area contributed by atoms with Crippen LogP contribution >= 0.6 is 11.6 Å². The lowest BCUT2D eigenvalue weighted by atomic mass is 9.95. The Labute approximate surface area is 176 Å². The van der Waals surface area contributed by atoms with E-state index in [9.17, 15) is 14.7 Å². The average Bonchev–Trinajstić information content (AvgIpc) is 3.00. The SMILES string of the molecule is CC[NH+](CC)CCN1C(=O)C(=O)C(=C(O)c2ccc(Cl)cc2)[C@H]1c1ccccc1. The van der Waals surface area contributed by atoms with E-state index in [4.69, 9.17) is 11.6 Å². The lowest BCUT2D eigenvalue weighted by molar-refractivity contribution is -0.895. The molecule has 1 fully saturated rings. The van der Waals surface area contributed by atoms with E-state index in [1.165, 1.54) is 4.90 Å². The highest BCUT2D eigenvalue weighted by Gasteiger charge is 2.46. The maximum Gasteiger partial charge on any atom is 0.295 e. The van der Waals surface area contributed by atoms with Crippen LogP contribution in [0.25, 0.3) is 5.76 Å². The maximum atomic E-state index is 12.9. The third-order valence-corrected chi connectivity index (χ3v) is 5.73. The number of likely N-dealkylation sites (N-methyl/N-ethyl adjacent to an activating group) is 1. The normalized spacial score (nSPS) is 18.6. The Morgan fingerprint density at radius 2 is 1.66 bits per heavy atom. The van der Waals surface area contributed by atoms with Crippen molar-refractivity contribution >= 4 is 29.1 Å². The van der Waals surface area contributed by atoms with Gasteiger partial charge < -0.3 is 14.9 Å². The van der Waals surface area contributed by atoms with E-state index in [0.29, 0.717) is 17.1 Å². The van der Waals surface area contributed by atoms with Gasteiger partial charge in [-0.25, -0.2) is 0 Å². The smallest absolute Gasteiger partial charge is 0.295 e. The van der Waals surface area contributed by atoms with Gasteiger partial charge in [0.05, 0.1) is 37.8 Å². The molecule has 1 aliphatic heterocycles. The molecule has 1 amide bonds. The van der Waals surface area contributed by atoms with Crippen LogP contribution in [0.2, 0.25) is 5.02 Å². The number of nitrogens with one attached hydrogen (secondary N) is 1. The van der Waals surface area contributed by atoms with E-state index < -0.39 is 17.7 Å². The van der Waals surface area contributed by atoms with E-state index in [1.807, 2.05) is 30.3 Å². The number of quaternary nitrogens is 1. The first-order valence-corrected chi connectivity index (χ1v) is 10.3. The van der Waals surface area contributed by atoms with Crippen molar-refractivity contribution in [1.29, 1.82) is 0 Å². The van der Waals surface area contributed by atoms with Crippen molar-refractivity contribution in [3.8, 4) is 0 Å². The van der Waals surface area contributed by atoms with Gasteiger partial charge >= 0.3 is 0 Å². The number of rotatable bonds is 7. The second-order valence-corrected chi connectivity index (χ2v) is 7.55. The molecule has 6 heteroatoms. The van der Waals surface area contributed by atoms with Crippen LogP contribution in [0.1, 0.15) is 31.0 Å². The average molecular weight is 414 g/mol. The van der Waals surface area contributed by atoms with Crippen LogP contribution in [0.15, 0.2) is 60.2 Å². The Kier molecular flexibility index (Phi) is 6.72. The number of likely N-dealkylation sites (tertiary alicyclic amines) is 1. The molecule has 0 aliphatic carbocycles. The van der Waals surface area contributed by atoms with Gasteiger partial charge in [0, 0.05) is 10.6 Å². The van der Waals surface area contributed by atoms with Crippen molar-refractivity contribution in [2.24, 2.45) is 0 Å². The molecule has 1 saturated heterocycles. The molecule has 1 atom stereocenters. The van der Waals surface area contributed by atoms with Crippen molar-refractivity contribution in [3.63, 3.8) is 0 Å². The van der Waals surface area contributed by atoms with Gasteiger partial charge in [0.25, 0.3) is 11.7 Å². The van der Waals surface area contributed by atoms with E-state index in [2.05, 4.69) is 13.8 Å². The highest BCUT2D eigenvalue weighted by molar-refractivity contribution is 6.46. The summed E-state index contributed by atoms with van der Waals surface area (Å²) in [5.74, 6) is -1.40. The molecule has 29 heavy (non-hydrogen) atoms. The van der Waals surface area contributed by atoms with E-state index in [1.54, 1.807) is 29.2 Å². The minimum atomic E-state index is -0.652. The molecule has 0 bridgehead atoms. The Balaban J connectivity index is 2.06. The predicted molar refractivity (Wildman–Crippen MR) is 114 cm³/mol. The molecule has 2 aromatic rings. The lowest BCUT2D eigenvalue weighted by Crippen LogP contribution is -3.12. The number of aliphatic hydroxyl groups excluding tert-OH is 1. The number of halogens is 1. The van der Waals surface area contributed by atoms with Crippen LogP contribution in [0.4, 0.5) is 0 Å². The summed E-state index contributed by atoms with van der Waals surface area (Å²) < 4.78 is 0. The van der Waals surface area contributed by atoms with Crippen LogP contribution < -0.4 is 4.90 Å². The van der Waals surface area contributed by atoms with Crippen LogP contribution in [-0.4, -0.2) is 47.9 Å². The van der Waals surface area contributed by atoms with Crippen molar-refractivity contribution < 1.29 is 19.6 Å². The number of carbonyl (C=O) groups is 2. The molecule has 2 aromatic carbocycles. The minimum absolute atomic E-state index is 0.123. The predicted octanol–water partition coefficient (Wildman–Crippen LogP) is 2.69. The minimum Gasteiger partial charge on any atom is -0.507 e. The third-order valence-electron chi connectivity index (χ3n) is 5.48. The fraction of sp³-hybridized carbons (Fsp3) is 0.304. The summed E-state index contributed by atoms with van der Waals surface area (Å²) in [6.45, 7) is 7.27. The second kappa shape index (κ2) is 9.25. The zero-order valence-electron chi connectivity index (χ0n) is 16.7. The Bertz CT molecular complexity index is 905. The molecule has 0 aromatic heterocycles. The largest absolute Gasteiger partial charge is 0.507 e. The van der Waals surface area contributed by atoms with Crippen LogP contribution in [-0.2, 0) is 9.59 Å². The molecule has 0 radical (unpaired) electrons. The fourth-order valence-corrected chi connectivity index (χ4v) is 3.86. The highest BCUT2D eigenvalue weighted by Crippen LogP contribution is 2.39. The van der Waals surface area contributed by atoms with Crippen LogP contribution in [0, 0.1) is 0 Å². The molecule has 0 unspecified atom stereocenters. The van der Waals surface area contributed by atoms with Gasteiger partial charge in [-0.3, -0.25) is 9.59 Å². The number of nitrogens with zero attached hydrogens (tertiary/aromatic N) is 1. The summed E-state index contributed by atoms with van der Waals surface area (Å²) in [6, 6.07) is 15.4. The monoisotopic (exact) mass is 413 g/mol. The Hall–Kier alpha value is -2.63. The molecular weight excluding hydrogens is 388 g/mol. The van der Waals surface area contributed by atoms with Crippen molar-refractivity contribution in [2.75, 3.05) is 26.2 Å². The van der Waals surface area contributed by atoms with Gasteiger partial charge in [-0.1, -0.05) is 41.9 Å². The molecular formula is C23H26ClN2O3+. The second-order valence-electron chi connectivity index (χ2n) is 7.12. The van der Waals surface area contributed by atoms with Crippen LogP contribution in [0.3, 0.4) is 0 Å². The molecule has 1 aliphatic rings. The molecule has 2 N–H and O–H groups in total. The first-order chi connectivity index (χ1) is 14.0. The van der Waals surface area contributed by atoms with Gasteiger partial charge in [-0.2, -0.15) is 0 Å². The number of hydrogen-bond acceptors (Lipinski definition) is 3. The van der Waals surface area contributed by atoms with Gasteiger partial charge in [0.2, 0.25) is 0 Å². The quantitative estimate of drug-likeness (QED) is 0.417. The van der Waals surface area contributed by atoms with E-state index >= 15 is 0 Å². The summed E-state index contributed by atoms with van der Waals surface area (Å²) in [5.41, 5.74) is 1.39. The summed E-state index contributed by atoms with van der Waals surface area (Å²) >= 11 is 5.94. The van der Waals surface area contributed by atoms with Crippen molar-refractivity contribution in [1.82, 2.24) is 4.90 Å². The maximum absolute atomic E-state index is 12.9. The van der Waals surface area contributed by atoms with Gasteiger partial charge in [-0.05, 0) is 43.7 Å². The number of amides is 1. The first-order valence-electron chi connectivity index (χ1n) is 9.90. The zero-order valence-corrected chi connectivity index (χ0v) is 17.4. The van der Waals surface area contributed by atoms with Crippen LogP contribution in [0.5, 0.6) is 0 Å². The lowest BCUT2D eigenvalue weighted by Gasteiger charge is -2.26. The van der Waals surface area contributed by atoms with E-state index in [0.717, 1.165) is 25.2 Å². The molecule has 5 nitrogen and oxygen atoms in total. The number of hydrogen-bond donors (Lipinski definition) is 2. The Morgan fingerprint density at radius 1 is 1.03 bits per heavy atom. The third kappa shape index (κ3) is 4.36. The van der Waals surface area contributed by atoms with Crippen molar-refractivity contribution in [2.45, 2.75) is 19.9 Å². The molecule has 3 rings (SSSR count). The number of Topliss-reactive ketones (excluding diaryl/α,β-unsaturated/α-hetero) is 1. The standard InChI is InChI=1S/C23H25ClN2O3/c1-3-25(4-2)14-15-26-20(16-8-6-5-7-9-16)19(22(28)23(26)29)21(27)17-10-12-18(24)13-11-17/h5-13,20,27H,3-4,14-15H2,1-2H3/p+1/t20-/m1/s1. The van der Waals surface area contributed by atoms with Crippen molar-refractivity contribution in [3.05, 3.63) is 76.3 Å². The molecule has 1 heterocycles. The number of carbonyl (C=O) groups excluding carboxylic acids is 2. The summed E-state index contributed by atoms with van der Waals surface area (Å²) in [7, 11) is 0. The molecule has 0 saturated carbocycles. The fourth-order valence-electron chi connectivity index (χ4n) is 3.74. The summed E-state index contributed by atoms with van der Waals surface area (Å²) in [6.07, 6.45) is 0. The topological polar surface area (TPSA) is 62.0 Å². The summed E-state index contributed by atoms with van der Waals surface area (Å²) in [5, 5.41) is 11.5. The summed E-state index contributed by atoms with van der Waals surface area (Å²) in [4.78, 5) is 28.7. The number of benzene rings is 2. The van der Waals surface area contributed by atoms with Gasteiger partial charge in [0.1, 0.15) is 5.76 Å². The first kappa shape index (κ1) is 21.1. The van der Waals surface area contributed by atoms with Gasteiger partial charge in [0.15, 0.2) is 0 Å². The van der Waals surface area contributed by atoms with Gasteiger partial charge in [-0.15, -0.1) is 0 Å². The zero-order chi connectivity index (χ0) is 21.0.